The van der Waals surface area contributed by atoms with E-state index in [4.69, 9.17) is 11.6 Å². The van der Waals surface area contributed by atoms with Crippen molar-refractivity contribution in [1.82, 2.24) is 10.2 Å². The molecule has 0 radical (unpaired) electrons. The number of halogens is 2. The van der Waals surface area contributed by atoms with Crippen molar-refractivity contribution in [2.75, 3.05) is 19.6 Å². The summed E-state index contributed by atoms with van der Waals surface area (Å²) in [6.07, 6.45) is 0. The maximum absolute atomic E-state index is 12.1. The van der Waals surface area contributed by atoms with Crippen molar-refractivity contribution in [3.05, 3.63) is 32.4 Å². The molecule has 0 aliphatic heterocycles. The second-order valence-corrected chi connectivity index (χ2v) is 6.00. The zero-order chi connectivity index (χ0) is 14.4. The summed E-state index contributed by atoms with van der Waals surface area (Å²) < 4.78 is 0.912. The molecule has 1 atom stereocenters. The lowest BCUT2D eigenvalue weighted by Crippen LogP contribution is -2.42. The Bertz CT molecular complexity index is 435. The predicted molar refractivity (Wildman–Crippen MR) is 88.9 cm³/mol. The predicted octanol–water partition coefficient (Wildman–Crippen LogP) is 3.40. The second kappa shape index (κ2) is 8.07. The quantitative estimate of drug-likeness (QED) is 0.750. The van der Waals surface area contributed by atoms with E-state index in [-0.39, 0.29) is 5.91 Å². The molecule has 1 aromatic rings. The molecule has 19 heavy (non-hydrogen) atoms. The zero-order valence-electron chi connectivity index (χ0n) is 11.5. The van der Waals surface area contributed by atoms with Crippen LogP contribution in [0.15, 0.2) is 18.2 Å². The van der Waals surface area contributed by atoms with Crippen molar-refractivity contribution in [1.29, 1.82) is 0 Å². The number of carbonyl (C=O) groups is 1. The summed E-state index contributed by atoms with van der Waals surface area (Å²) in [5, 5.41) is 3.56. The van der Waals surface area contributed by atoms with E-state index >= 15 is 0 Å². The van der Waals surface area contributed by atoms with Crippen LogP contribution in [-0.2, 0) is 0 Å². The van der Waals surface area contributed by atoms with Crippen molar-refractivity contribution >= 4 is 40.1 Å². The van der Waals surface area contributed by atoms with Crippen LogP contribution in [0.25, 0.3) is 0 Å². The molecule has 1 amide bonds. The summed E-state index contributed by atoms with van der Waals surface area (Å²) in [4.78, 5) is 14.4. The summed E-state index contributed by atoms with van der Waals surface area (Å²) in [5.74, 6) is -0.0640. The lowest BCUT2D eigenvalue weighted by Gasteiger charge is -2.26. The average molecular weight is 395 g/mol. The molecule has 0 aliphatic carbocycles. The van der Waals surface area contributed by atoms with Gasteiger partial charge < -0.3 is 5.32 Å². The number of hydrogen-bond acceptors (Lipinski definition) is 2. The number of likely N-dealkylation sites (N-methyl/N-ethyl adjacent to an activating group) is 1. The Morgan fingerprint density at radius 2 is 2.05 bits per heavy atom. The van der Waals surface area contributed by atoms with Gasteiger partial charge in [-0.2, -0.15) is 0 Å². The molecule has 0 heterocycles. The van der Waals surface area contributed by atoms with E-state index in [1.807, 2.05) is 6.07 Å². The fourth-order valence-corrected chi connectivity index (χ4v) is 2.74. The third-order valence-electron chi connectivity index (χ3n) is 3.17. The van der Waals surface area contributed by atoms with Gasteiger partial charge in [0.05, 0.1) is 5.56 Å². The van der Waals surface area contributed by atoms with Crippen LogP contribution in [0.3, 0.4) is 0 Å². The first-order chi connectivity index (χ1) is 8.99. The van der Waals surface area contributed by atoms with Crippen LogP contribution in [0.2, 0.25) is 5.02 Å². The summed E-state index contributed by atoms with van der Waals surface area (Å²) in [6, 6.07) is 5.68. The molecule has 3 nitrogen and oxygen atoms in total. The van der Waals surface area contributed by atoms with Crippen LogP contribution in [0.4, 0.5) is 0 Å². The summed E-state index contributed by atoms with van der Waals surface area (Å²) in [7, 11) is 0. The molecule has 1 rings (SSSR count). The zero-order valence-corrected chi connectivity index (χ0v) is 14.5. The van der Waals surface area contributed by atoms with Crippen LogP contribution in [0.5, 0.6) is 0 Å². The lowest BCUT2D eigenvalue weighted by atomic mass is 10.2. The molecule has 1 aromatic carbocycles. The molecule has 106 valence electrons. The van der Waals surface area contributed by atoms with Crippen LogP contribution >= 0.6 is 34.2 Å². The first kappa shape index (κ1) is 16.7. The molecular formula is C14H20ClIN2O. The standard InChI is InChI=1S/C14H20ClIN2O/c1-4-18(5-2)10(3)9-17-14(19)12-8-11(15)6-7-13(12)16/h6-8,10H,4-5,9H2,1-3H3,(H,17,19)/t10-/m1/s1. The van der Waals surface area contributed by atoms with E-state index < -0.39 is 0 Å². The first-order valence-corrected chi connectivity index (χ1v) is 7.92. The van der Waals surface area contributed by atoms with E-state index in [1.165, 1.54) is 0 Å². The monoisotopic (exact) mass is 394 g/mol. The number of benzene rings is 1. The highest BCUT2D eigenvalue weighted by atomic mass is 127. The van der Waals surface area contributed by atoms with Gasteiger partial charge in [0.1, 0.15) is 0 Å². The minimum Gasteiger partial charge on any atom is -0.350 e. The first-order valence-electron chi connectivity index (χ1n) is 6.46. The maximum atomic E-state index is 12.1. The van der Waals surface area contributed by atoms with Crippen molar-refractivity contribution < 1.29 is 4.79 Å². The normalized spacial score (nSPS) is 12.5. The third kappa shape index (κ3) is 4.93. The molecule has 0 aromatic heterocycles. The van der Waals surface area contributed by atoms with Crippen molar-refractivity contribution in [3.63, 3.8) is 0 Å². The molecule has 0 saturated heterocycles. The number of amides is 1. The van der Waals surface area contributed by atoms with Crippen molar-refractivity contribution in [2.24, 2.45) is 0 Å². The summed E-state index contributed by atoms with van der Waals surface area (Å²) >= 11 is 8.07. The Morgan fingerprint density at radius 3 is 2.63 bits per heavy atom. The summed E-state index contributed by atoms with van der Waals surface area (Å²) in [6.45, 7) is 8.99. The number of hydrogen-bond donors (Lipinski definition) is 1. The topological polar surface area (TPSA) is 32.3 Å². The van der Waals surface area contributed by atoms with Crippen LogP contribution in [-0.4, -0.2) is 36.5 Å². The van der Waals surface area contributed by atoms with Gasteiger partial charge in [0.2, 0.25) is 0 Å². The molecular weight excluding hydrogens is 375 g/mol. The minimum atomic E-state index is -0.0640. The molecule has 0 fully saturated rings. The van der Waals surface area contributed by atoms with E-state index in [2.05, 4.69) is 53.6 Å². The van der Waals surface area contributed by atoms with Gasteiger partial charge in [0, 0.05) is 21.2 Å². The second-order valence-electron chi connectivity index (χ2n) is 4.40. The highest BCUT2D eigenvalue weighted by Crippen LogP contribution is 2.17. The number of nitrogens with zero attached hydrogens (tertiary/aromatic N) is 1. The van der Waals surface area contributed by atoms with Gasteiger partial charge in [-0.1, -0.05) is 25.4 Å². The van der Waals surface area contributed by atoms with Crippen molar-refractivity contribution in [2.45, 2.75) is 26.8 Å². The highest BCUT2D eigenvalue weighted by molar-refractivity contribution is 14.1. The van der Waals surface area contributed by atoms with Crippen molar-refractivity contribution in [3.8, 4) is 0 Å². The fraction of sp³-hybridized carbons (Fsp3) is 0.500. The maximum Gasteiger partial charge on any atom is 0.252 e. The van der Waals surface area contributed by atoms with Gasteiger partial charge in [0.15, 0.2) is 0 Å². The smallest absolute Gasteiger partial charge is 0.252 e. The van der Waals surface area contributed by atoms with Gasteiger partial charge in [-0.05, 0) is 60.8 Å². The Morgan fingerprint density at radius 1 is 1.42 bits per heavy atom. The highest BCUT2D eigenvalue weighted by Gasteiger charge is 2.14. The number of rotatable bonds is 6. The van der Waals surface area contributed by atoms with Crippen LogP contribution in [0, 0.1) is 3.57 Å². The molecule has 0 saturated carbocycles. The molecule has 0 bridgehead atoms. The largest absolute Gasteiger partial charge is 0.350 e. The van der Waals surface area contributed by atoms with Gasteiger partial charge in [-0.15, -0.1) is 0 Å². The Labute approximate surface area is 133 Å². The van der Waals surface area contributed by atoms with E-state index in [9.17, 15) is 4.79 Å². The SMILES string of the molecule is CCN(CC)[C@H](C)CNC(=O)c1cc(Cl)ccc1I. The Kier molecular flexibility index (Phi) is 7.10. The van der Waals surface area contributed by atoms with E-state index in [1.54, 1.807) is 12.1 Å². The number of carbonyl (C=O) groups excluding carboxylic acids is 1. The Hall–Kier alpha value is -0.330. The summed E-state index contributed by atoms with van der Waals surface area (Å²) in [5.41, 5.74) is 0.639. The van der Waals surface area contributed by atoms with Crippen LogP contribution < -0.4 is 5.32 Å². The minimum absolute atomic E-state index is 0.0640. The average Bonchev–Trinajstić information content (AvgIpc) is 2.40. The van der Waals surface area contributed by atoms with Gasteiger partial charge in [-0.25, -0.2) is 0 Å². The van der Waals surface area contributed by atoms with Gasteiger partial charge in [-0.3, -0.25) is 9.69 Å². The molecule has 0 unspecified atom stereocenters. The molecule has 0 spiro atoms. The fourth-order valence-electron chi connectivity index (χ4n) is 1.98. The van der Waals surface area contributed by atoms with Gasteiger partial charge >= 0.3 is 0 Å². The lowest BCUT2D eigenvalue weighted by molar-refractivity contribution is 0.0937. The van der Waals surface area contributed by atoms with E-state index in [0.29, 0.717) is 23.2 Å². The third-order valence-corrected chi connectivity index (χ3v) is 4.34. The molecule has 0 aliphatic rings. The number of nitrogens with one attached hydrogen (secondary N) is 1. The Balaban J connectivity index is 2.63. The van der Waals surface area contributed by atoms with Crippen LogP contribution in [0.1, 0.15) is 31.1 Å². The van der Waals surface area contributed by atoms with Gasteiger partial charge in [0.25, 0.3) is 5.91 Å². The van der Waals surface area contributed by atoms with E-state index in [0.717, 1.165) is 16.7 Å². The molecule has 1 N–H and O–H groups in total. The molecule has 5 heteroatoms.